The summed E-state index contributed by atoms with van der Waals surface area (Å²) in [4.78, 5) is 10.7. The van der Waals surface area contributed by atoms with Crippen LogP contribution in [0.1, 0.15) is 21.5 Å². The topological polar surface area (TPSA) is 88.1 Å². The zero-order valence-corrected chi connectivity index (χ0v) is 10.2. The number of aromatic carboxylic acids is 1. The molecule has 0 amide bonds. The highest BCUT2D eigenvalue weighted by molar-refractivity contribution is 5.86. The van der Waals surface area contributed by atoms with E-state index in [-0.39, 0.29) is 5.56 Å². The first kappa shape index (κ1) is 12.6. The number of carboxylic acids is 1. The van der Waals surface area contributed by atoms with Gasteiger partial charge in [0.25, 0.3) is 0 Å². The van der Waals surface area contributed by atoms with E-state index in [1.165, 1.54) is 24.2 Å². The monoisotopic (exact) mass is 257 g/mol. The van der Waals surface area contributed by atoms with Crippen LogP contribution < -0.4 is 4.74 Å². The molecule has 0 bridgehead atoms. The summed E-state index contributed by atoms with van der Waals surface area (Å²) in [5, 5.41) is 21.7. The molecule has 19 heavy (non-hydrogen) atoms. The summed E-state index contributed by atoms with van der Waals surface area (Å²) < 4.78 is 6.56. The molecular formula is C13H11N3O3. The van der Waals surface area contributed by atoms with Gasteiger partial charge in [0.1, 0.15) is 11.8 Å². The van der Waals surface area contributed by atoms with E-state index in [1.807, 2.05) is 12.1 Å². The number of nitrogens with zero attached hydrogens (tertiary/aromatic N) is 3. The summed E-state index contributed by atoms with van der Waals surface area (Å²) in [6, 6.07) is 7.25. The average molecular weight is 257 g/mol. The van der Waals surface area contributed by atoms with Crippen molar-refractivity contribution in [2.24, 2.45) is 0 Å². The van der Waals surface area contributed by atoms with Crippen LogP contribution in [-0.2, 0) is 6.54 Å². The number of methoxy groups -OCH3 is 1. The molecule has 1 N–H and O–H groups in total. The number of benzene rings is 1. The van der Waals surface area contributed by atoms with E-state index < -0.39 is 5.97 Å². The van der Waals surface area contributed by atoms with Gasteiger partial charge in [0.05, 0.1) is 31.0 Å². The molecule has 1 aromatic heterocycles. The van der Waals surface area contributed by atoms with Gasteiger partial charge in [-0.05, 0) is 17.7 Å². The van der Waals surface area contributed by atoms with Crippen molar-refractivity contribution >= 4 is 5.97 Å². The molecular weight excluding hydrogens is 246 g/mol. The normalized spacial score (nSPS) is 9.89. The lowest BCUT2D eigenvalue weighted by Crippen LogP contribution is -2.01. The standard InChI is InChI=1S/C13H11N3O3/c1-19-12-3-2-9(4-10(12)5-14)7-16-8-11(6-15-16)13(17)18/h2-4,6,8H,7H2,1H3,(H,17,18). The predicted octanol–water partition coefficient (Wildman–Crippen LogP) is 1.51. The number of rotatable bonds is 4. The Bertz CT molecular complexity index is 655. The first-order valence-electron chi connectivity index (χ1n) is 5.47. The Morgan fingerprint density at radius 2 is 2.37 bits per heavy atom. The van der Waals surface area contributed by atoms with E-state index in [0.29, 0.717) is 17.9 Å². The molecule has 6 heteroatoms. The quantitative estimate of drug-likeness (QED) is 0.896. The Balaban J connectivity index is 2.23. The largest absolute Gasteiger partial charge is 0.495 e. The molecule has 1 aromatic carbocycles. The molecule has 0 saturated carbocycles. The van der Waals surface area contributed by atoms with Crippen LogP contribution in [0.3, 0.4) is 0 Å². The molecule has 96 valence electrons. The van der Waals surface area contributed by atoms with Crippen LogP contribution in [0.2, 0.25) is 0 Å². The second-order valence-electron chi connectivity index (χ2n) is 3.88. The maximum atomic E-state index is 10.7. The second kappa shape index (κ2) is 5.23. The minimum atomic E-state index is -1.02. The summed E-state index contributed by atoms with van der Waals surface area (Å²) in [6.07, 6.45) is 2.73. The van der Waals surface area contributed by atoms with Crippen molar-refractivity contribution in [3.63, 3.8) is 0 Å². The molecule has 6 nitrogen and oxygen atoms in total. The van der Waals surface area contributed by atoms with Crippen molar-refractivity contribution in [2.75, 3.05) is 7.11 Å². The van der Waals surface area contributed by atoms with E-state index >= 15 is 0 Å². The van der Waals surface area contributed by atoms with Crippen molar-refractivity contribution in [1.29, 1.82) is 5.26 Å². The predicted molar refractivity (Wildman–Crippen MR) is 66.0 cm³/mol. The Labute approximate surface area is 109 Å². The summed E-state index contributed by atoms with van der Waals surface area (Å²) in [7, 11) is 1.50. The highest BCUT2D eigenvalue weighted by Gasteiger charge is 2.08. The van der Waals surface area contributed by atoms with Gasteiger partial charge in [0.2, 0.25) is 0 Å². The maximum Gasteiger partial charge on any atom is 0.338 e. The van der Waals surface area contributed by atoms with Gasteiger partial charge >= 0.3 is 5.97 Å². The molecule has 0 spiro atoms. The molecule has 2 rings (SSSR count). The molecule has 0 unspecified atom stereocenters. The summed E-state index contributed by atoms with van der Waals surface area (Å²) in [5.74, 6) is -0.503. The first-order valence-corrected chi connectivity index (χ1v) is 5.47. The number of nitriles is 1. The van der Waals surface area contributed by atoms with E-state index in [1.54, 1.807) is 12.1 Å². The molecule has 0 fully saturated rings. The van der Waals surface area contributed by atoms with Gasteiger partial charge in [-0.1, -0.05) is 6.07 Å². The van der Waals surface area contributed by atoms with Crippen molar-refractivity contribution in [3.05, 3.63) is 47.3 Å². The molecule has 0 aliphatic heterocycles. The summed E-state index contributed by atoms with van der Waals surface area (Å²) in [5.41, 5.74) is 1.41. The van der Waals surface area contributed by atoms with Gasteiger partial charge in [-0.3, -0.25) is 4.68 Å². The van der Waals surface area contributed by atoms with E-state index in [0.717, 1.165) is 5.56 Å². The van der Waals surface area contributed by atoms with Crippen LogP contribution in [-0.4, -0.2) is 28.0 Å². The van der Waals surface area contributed by atoms with E-state index in [2.05, 4.69) is 5.10 Å². The van der Waals surface area contributed by atoms with Crippen LogP contribution >= 0.6 is 0 Å². The van der Waals surface area contributed by atoms with Crippen LogP contribution in [0.15, 0.2) is 30.6 Å². The lowest BCUT2D eigenvalue weighted by atomic mass is 10.1. The highest BCUT2D eigenvalue weighted by atomic mass is 16.5. The van der Waals surface area contributed by atoms with Crippen LogP contribution in [0.25, 0.3) is 0 Å². The lowest BCUT2D eigenvalue weighted by molar-refractivity contribution is 0.0697. The third-order valence-corrected chi connectivity index (χ3v) is 2.61. The fourth-order valence-electron chi connectivity index (χ4n) is 1.69. The third kappa shape index (κ3) is 2.72. The van der Waals surface area contributed by atoms with Crippen LogP contribution in [0, 0.1) is 11.3 Å². The molecule has 2 aromatic rings. The van der Waals surface area contributed by atoms with Crippen molar-refractivity contribution in [2.45, 2.75) is 6.54 Å². The molecule has 1 heterocycles. The number of hydrogen-bond donors (Lipinski definition) is 1. The van der Waals surface area contributed by atoms with Gasteiger partial charge in [-0.25, -0.2) is 4.79 Å². The van der Waals surface area contributed by atoms with Crippen molar-refractivity contribution < 1.29 is 14.6 Å². The number of aromatic nitrogens is 2. The van der Waals surface area contributed by atoms with Gasteiger partial charge in [-0.2, -0.15) is 10.4 Å². The SMILES string of the molecule is COc1ccc(Cn2cc(C(=O)O)cn2)cc1C#N. The highest BCUT2D eigenvalue weighted by Crippen LogP contribution is 2.19. The molecule has 0 radical (unpaired) electrons. The Morgan fingerprint density at radius 1 is 1.58 bits per heavy atom. The Kier molecular flexibility index (Phi) is 3.48. The zero-order chi connectivity index (χ0) is 13.8. The number of carbonyl (C=O) groups is 1. The van der Waals surface area contributed by atoms with Gasteiger partial charge in [0.15, 0.2) is 0 Å². The minimum Gasteiger partial charge on any atom is -0.495 e. The Hall–Kier alpha value is -2.81. The van der Waals surface area contributed by atoms with Crippen molar-refractivity contribution in [1.82, 2.24) is 9.78 Å². The summed E-state index contributed by atoms with van der Waals surface area (Å²) >= 11 is 0. The molecule has 0 aliphatic rings. The van der Waals surface area contributed by atoms with Gasteiger partial charge in [-0.15, -0.1) is 0 Å². The fourth-order valence-corrected chi connectivity index (χ4v) is 1.69. The first-order chi connectivity index (χ1) is 9.13. The smallest absolute Gasteiger partial charge is 0.338 e. The van der Waals surface area contributed by atoms with Gasteiger partial charge in [0, 0.05) is 6.20 Å². The maximum absolute atomic E-state index is 10.7. The number of carboxylic acid groups (broad SMARTS) is 1. The third-order valence-electron chi connectivity index (χ3n) is 2.61. The number of hydrogen-bond acceptors (Lipinski definition) is 4. The van der Waals surface area contributed by atoms with E-state index in [4.69, 9.17) is 15.1 Å². The second-order valence-corrected chi connectivity index (χ2v) is 3.88. The molecule has 0 saturated heterocycles. The van der Waals surface area contributed by atoms with Crippen molar-refractivity contribution in [3.8, 4) is 11.8 Å². The van der Waals surface area contributed by atoms with E-state index in [9.17, 15) is 4.79 Å². The summed E-state index contributed by atoms with van der Waals surface area (Å²) in [6.45, 7) is 0.395. The zero-order valence-electron chi connectivity index (χ0n) is 10.2. The fraction of sp³-hybridized carbons (Fsp3) is 0.154. The minimum absolute atomic E-state index is 0.133. The van der Waals surface area contributed by atoms with Crippen LogP contribution in [0.5, 0.6) is 5.75 Å². The lowest BCUT2D eigenvalue weighted by Gasteiger charge is -2.06. The Morgan fingerprint density at radius 3 is 2.95 bits per heavy atom. The van der Waals surface area contributed by atoms with Gasteiger partial charge < -0.3 is 9.84 Å². The molecule has 0 aliphatic carbocycles. The average Bonchev–Trinajstić information content (AvgIpc) is 2.87. The molecule has 0 atom stereocenters. The van der Waals surface area contributed by atoms with Crippen LogP contribution in [0.4, 0.5) is 0 Å². The number of ether oxygens (including phenoxy) is 1.